The molecule has 0 spiro atoms. The van der Waals surface area contributed by atoms with Gasteiger partial charge in [-0.05, 0) is 31.4 Å². The number of carbonyl (C=O) groups excluding carboxylic acids is 2. The van der Waals surface area contributed by atoms with Crippen LogP contribution >= 0.6 is 0 Å². The molecule has 1 atom stereocenters. The molecule has 0 N–H and O–H groups in total. The van der Waals surface area contributed by atoms with E-state index in [-0.39, 0.29) is 29.2 Å². The van der Waals surface area contributed by atoms with Crippen molar-refractivity contribution < 1.29 is 27.1 Å². The number of hydrogen-bond donors (Lipinski definition) is 0. The van der Waals surface area contributed by atoms with E-state index in [0.717, 1.165) is 31.7 Å². The number of carbonyl (C=O) groups is 2. The Hall–Kier alpha value is -1.96. The van der Waals surface area contributed by atoms with Crippen molar-refractivity contribution in [3.63, 3.8) is 0 Å². The topological polar surface area (TPSA) is 80.8 Å². The zero-order valence-corrected chi connectivity index (χ0v) is 15.2. The molecule has 1 amide bonds. The standard InChI is InChI=1S/C18H22FNO5S/c19-16-8-4-3-7-15(16)18(22)25-11-17(21)20(13-5-1-2-6-13)14-9-10-26(23,24)12-14/h3-4,7-8,13-14H,1-2,5-6,9-12H2. The molecule has 0 aromatic heterocycles. The molecule has 1 saturated carbocycles. The van der Waals surface area contributed by atoms with Gasteiger partial charge in [-0.2, -0.15) is 0 Å². The molecule has 1 aliphatic heterocycles. The van der Waals surface area contributed by atoms with Gasteiger partial charge in [-0.15, -0.1) is 0 Å². The average molecular weight is 383 g/mol. The van der Waals surface area contributed by atoms with Gasteiger partial charge in [-0.3, -0.25) is 4.79 Å². The van der Waals surface area contributed by atoms with Crippen LogP contribution in [-0.4, -0.2) is 55.4 Å². The lowest BCUT2D eigenvalue weighted by Crippen LogP contribution is -2.48. The van der Waals surface area contributed by atoms with Crippen molar-refractivity contribution in [2.75, 3.05) is 18.1 Å². The number of hydrogen-bond acceptors (Lipinski definition) is 5. The van der Waals surface area contributed by atoms with E-state index in [1.54, 1.807) is 4.90 Å². The number of ether oxygens (including phenoxy) is 1. The molecule has 1 aliphatic carbocycles. The molecule has 2 aliphatic rings. The number of nitrogens with zero attached hydrogens (tertiary/aromatic N) is 1. The molecule has 1 unspecified atom stereocenters. The molecule has 1 aromatic rings. The number of sulfone groups is 1. The monoisotopic (exact) mass is 383 g/mol. The smallest absolute Gasteiger partial charge is 0.341 e. The van der Waals surface area contributed by atoms with Crippen molar-refractivity contribution in [2.24, 2.45) is 0 Å². The number of benzene rings is 1. The highest BCUT2D eigenvalue weighted by molar-refractivity contribution is 7.91. The van der Waals surface area contributed by atoms with E-state index < -0.39 is 34.1 Å². The van der Waals surface area contributed by atoms with Crippen molar-refractivity contribution >= 4 is 21.7 Å². The van der Waals surface area contributed by atoms with Gasteiger partial charge >= 0.3 is 5.97 Å². The molecule has 142 valence electrons. The minimum absolute atomic E-state index is 0.0204. The lowest BCUT2D eigenvalue weighted by Gasteiger charge is -2.33. The van der Waals surface area contributed by atoms with E-state index in [9.17, 15) is 22.4 Å². The van der Waals surface area contributed by atoms with Crippen LogP contribution < -0.4 is 0 Å². The molecule has 2 fully saturated rings. The first-order valence-corrected chi connectivity index (χ1v) is 10.6. The van der Waals surface area contributed by atoms with Crippen LogP contribution in [0.3, 0.4) is 0 Å². The highest BCUT2D eigenvalue weighted by atomic mass is 32.2. The Balaban J connectivity index is 1.68. The van der Waals surface area contributed by atoms with E-state index in [2.05, 4.69) is 0 Å². The summed E-state index contributed by atoms with van der Waals surface area (Å²) in [5.74, 6) is -2.00. The predicted octanol–water partition coefficient (Wildman–Crippen LogP) is 1.94. The maximum atomic E-state index is 13.6. The van der Waals surface area contributed by atoms with Gasteiger partial charge in [0.15, 0.2) is 16.4 Å². The second kappa shape index (κ2) is 7.73. The highest BCUT2D eigenvalue weighted by Gasteiger charge is 2.39. The first-order valence-electron chi connectivity index (χ1n) is 8.80. The molecule has 1 saturated heterocycles. The molecular weight excluding hydrogens is 361 g/mol. The number of halogens is 1. The Kier molecular flexibility index (Phi) is 5.60. The van der Waals surface area contributed by atoms with Crippen LogP contribution in [0.25, 0.3) is 0 Å². The molecule has 0 bridgehead atoms. The maximum absolute atomic E-state index is 13.6. The van der Waals surface area contributed by atoms with Crippen LogP contribution in [0.15, 0.2) is 24.3 Å². The first kappa shape index (κ1) is 18.8. The Morgan fingerprint density at radius 2 is 1.81 bits per heavy atom. The first-order chi connectivity index (χ1) is 12.4. The van der Waals surface area contributed by atoms with E-state index in [0.29, 0.717) is 6.42 Å². The summed E-state index contributed by atoms with van der Waals surface area (Å²) in [6.45, 7) is -0.514. The quantitative estimate of drug-likeness (QED) is 0.726. The lowest BCUT2D eigenvalue weighted by atomic mass is 10.1. The van der Waals surface area contributed by atoms with Crippen molar-refractivity contribution in [2.45, 2.75) is 44.2 Å². The number of esters is 1. The Labute approximate surface area is 152 Å². The number of amides is 1. The van der Waals surface area contributed by atoms with Crippen molar-refractivity contribution in [3.8, 4) is 0 Å². The van der Waals surface area contributed by atoms with Crippen molar-refractivity contribution in [1.29, 1.82) is 0 Å². The van der Waals surface area contributed by atoms with Crippen LogP contribution in [0.5, 0.6) is 0 Å². The molecule has 6 nitrogen and oxygen atoms in total. The highest BCUT2D eigenvalue weighted by Crippen LogP contribution is 2.29. The molecule has 8 heteroatoms. The van der Waals surface area contributed by atoms with E-state index in [1.165, 1.54) is 18.2 Å². The minimum Gasteiger partial charge on any atom is -0.452 e. The zero-order chi connectivity index (χ0) is 18.7. The Morgan fingerprint density at radius 1 is 1.12 bits per heavy atom. The fraction of sp³-hybridized carbons (Fsp3) is 0.556. The van der Waals surface area contributed by atoms with E-state index in [4.69, 9.17) is 4.74 Å². The summed E-state index contributed by atoms with van der Waals surface area (Å²) in [7, 11) is -3.13. The van der Waals surface area contributed by atoms with Crippen LogP contribution in [0.1, 0.15) is 42.5 Å². The summed E-state index contributed by atoms with van der Waals surface area (Å²) in [6.07, 6.45) is 4.03. The summed E-state index contributed by atoms with van der Waals surface area (Å²) in [6, 6.07) is 5.01. The molecule has 3 rings (SSSR count). The Morgan fingerprint density at radius 3 is 2.42 bits per heavy atom. The second-order valence-corrected chi connectivity index (χ2v) is 9.08. The fourth-order valence-electron chi connectivity index (χ4n) is 3.79. The van der Waals surface area contributed by atoms with Gasteiger partial charge in [0.25, 0.3) is 5.91 Å². The number of rotatable bonds is 5. The average Bonchev–Trinajstić information content (AvgIpc) is 3.23. The summed E-state index contributed by atoms with van der Waals surface area (Å²) < 4.78 is 42.3. The van der Waals surface area contributed by atoms with Crippen molar-refractivity contribution in [3.05, 3.63) is 35.6 Å². The predicted molar refractivity (Wildman–Crippen MR) is 92.8 cm³/mol. The van der Waals surface area contributed by atoms with Gasteiger partial charge in [-0.25, -0.2) is 17.6 Å². The van der Waals surface area contributed by atoms with E-state index >= 15 is 0 Å². The van der Waals surface area contributed by atoms with Gasteiger partial charge in [0, 0.05) is 12.1 Å². The van der Waals surface area contributed by atoms with Crippen LogP contribution in [0.2, 0.25) is 0 Å². The van der Waals surface area contributed by atoms with Gasteiger partial charge in [0.1, 0.15) is 5.82 Å². The van der Waals surface area contributed by atoms with Crippen LogP contribution in [0, 0.1) is 5.82 Å². The maximum Gasteiger partial charge on any atom is 0.341 e. The van der Waals surface area contributed by atoms with Gasteiger partial charge < -0.3 is 9.64 Å². The molecular formula is C18H22FNO5S. The Bertz CT molecular complexity index is 789. The van der Waals surface area contributed by atoms with Gasteiger partial charge in [-0.1, -0.05) is 25.0 Å². The fourth-order valence-corrected chi connectivity index (χ4v) is 5.50. The largest absolute Gasteiger partial charge is 0.452 e. The summed E-state index contributed by atoms with van der Waals surface area (Å²) in [5, 5.41) is 0. The summed E-state index contributed by atoms with van der Waals surface area (Å²) >= 11 is 0. The molecule has 1 heterocycles. The van der Waals surface area contributed by atoms with Gasteiger partial charge in [0.05, 0.1) is 17.1 Å². The minimum atomic E-state index is -3.13. The van der Waals surface area contributed by atoms with Gasteiger partial charge in [0.2, 0.25) is 0 Å². The third-order valence-electron chi connectivity index (χ3n) is 5.03. The summed E-state index contributed by atoms with van der Waals surface area (Å²) in [4.78, 5) is 26.3. The normalized spacial score (nSPS) is 22.3. The third kappa shape index (κ3) is 4.23. The zero-order valence-electron chi connectivity index (χ0n) is 14.4. The summed E-state index contributed by atoms with van der Waals surface area (Å²) in [5.41, 5.74) is -0.226. The van der Waals surface area contributed by atoms with E-state index in [1.807, 2.05) is 0 Å². The van der Waals surface area contributed by atoms with Crippen LogP contribution in [-0.2, 0) is 19.4 Å². The molecule has 26 heavy (non-hydrogen) atoms. The van der Waals surface area contributed by atoms with Crippen molar-refractivity contribution in [1.82, 2.24) is 4.90 Å². The SMILES string of the molecule is O=C(OCC(=O)N(C1CCCC1)C1CCS(=O)(=O)C1)c1ccccc1F. The molecule has 0 radical (unpaired) electrons. The lowest BCUT2D eigenvalue weighted by molar-refractivity contribution is -0.139. The molecule has 1 aromatic carbocycles. The second-order valence-electron chi connectivity index (χ2n) is 6.85. The van der Waals surface area contributed by atoms with Crippen LogP contribution in [0.4, 0.5) is 4.39 Å². The third-order valence-corrected chi connectivity index (χ3v) is 6.78.